The van der Waals surface area contributed by atoms with Crippen LogP contribution in [-0.4, -0.2) is 40.7 Å². The van der Waals surface area contributed by atoms with Crippen molar-refractivity contribution in [3.8, 4) is 11.8 Å². The molecule has 0 aliphatic heterocycles. The molecule has 1 fully saturated rings. The summed E-state index contributed by atoms with van der Waals surface area (Å²) in [6, 6.07) is 3.72. The van der Waals surface area contributed by atoms with E-state index in [9.17, 15) is 8.78 Å². The third-order valence-electron chi connectivity index (χ3n) is 5.29. The van der Waals surface area contributed by atoms with Crippen molar-refractivity contribution >= 4 is 0 Å². The van der Waals surface area contributed by atoms with E-state index in [4.69, 9.17) is 4.74 Å². The minimum absolute atomic E-state index is 0.0664. The van der Waals surface area contributed by atoms with Crippen molar-refractivity contribution in [3.05, 3.63) is 41.1 Å². The predicted octanol–water partition coefficient (Wildman–Crippen LogP) is 3.35. The van der Waals surface area contributed by atoms with E-state index in [0.29, 0.717) is 36.8 Å². The number of aromatic nitrogens is 7. The molecule has 10 heteroatoms. The van der Waals surface area contributed by atoms with E-state index in [0.717, 1.165) is 17.1 Å². The molecule has 0 radical (unpaired) electrons. The maximum atomic E-state index is 13.5. The summed E-state index contributed by atoms with van der Waals surface area (Å²) in [5.41, 5.74) is 3.21. The van der Waals surface area contributed by atoms with Gasteiger partial charge in [0, 0.05) is 31.6 Å². The van der Waals surface area contributed by atoms with E-state index >= 15 is 0 Å². The lowest BCUT2D eigenvalue weighted by Gasteiger charge is -2.28. The van der Waals surface area contributed by atoms with Crippen LogP contribution >= 0.6 is 0 Å². The molecule has 0 atom stereocenters. The van der Waals surface area contributed by atoms with E-state index in [1.807, 2.05) is 19.9 Å². The first-order chi connectivity index (χ1) is 14.3. The van der Waals surface area contributed by atoms with Crippen LogP contribution in [0.1, 0.15) is 48.5 Å². The van der Waals surface area contributed by atoms with Crippen LogP contribution in [0.4, 0.5) is 8.78 Å². The Kier molecular flexibility index (Phi) is 5.48. The molecule has 3 aromatic heterocycles. The summed E-state index contributed by atoms with van der Waals surface area (Å²) in [7, 11) is 1.74. The summed E-state index contributed by atoms with van der Waals surface area (Å²) >= 11 is 0. The lowest BCUT2D eigenvalue weighted by atomic mass is 9.84. The molecule has 8 nitrogen and oxygen atoms in total. The first kappa shape index (κ1) is 20.4. The van der Waals surface area contributed by atoms with Gasteiger partial charge in [0.1, 0.15) is 12.3 Å². The third-order valence-corrected chi connectivity index (χ3v) is 5.29. The van der Waals surface area contributed by atoms with Gasteiger partial charge in [0.25, 0.3) is 5.95 Å². The normalized spacial score (nSPS) is 16.7. The molecule has 3 heterocycles. The van der Waals surface area contributed by atoms with Crippen LogP contribution in [0.25, 0.3) is 5.95 Å². The number of hydrogen-bond donors (Lipinski definition) is 0. The van der Waals surface area contributed by atoms with Crippen molar-refractivity contribution in [1.82, 2.24) is 34.7 Å². The van der Waals surface area contributed by atoms with Crippen LogP contribution in [-0.2, 0) is 20.1 Å². The van der Waals surface area contributed by atoms with E-state index in [-0.39, 0.29) is 25.4 Å². The largest absolute Gasteiger partial charge is 0.471 e. The number of nitrogens with zero attached hydrogens (tertiary/aromatic N) is 7. The molecule has 0 unspecified atom stereocenters. The van der Waals surface area contributed by atoms with Gasteiger partial charge in [-0.2, -0.15) is 25.1 Å². The fourth-order valence-corrected chi connectivity index (χ4v) is 3.77. The summed E-state index contributed by atoms with van der Waals surface area (Å²) in [6.45, 7) is 4.05. The van der Waals surface area contributed by atoms with Gasteiger partial charge in [-0.15, -0.1) is 0 Å². The van der Waals surface area contributed by atoms with Crippen LogP contribution in [0.3, 0.4) is 0 Å². The minimum Gasteiger partial charge on any atom is -0.471 e. The number of hydrogen-bond acceptors (Lipinski definition) is 6. The molecule has 4 rings (SSSR count). The second-order valence-corrected chi connectivity index (χ2v) is 7.95. The molecule has 1 aliphatic rings. The van der Waals surface area contributed by atoms with E-state index < -0.39 is 5.92 Å². The Balaban J connectivity index is 1.58. The maximum Gasteiger partial charge on any atom is 0.254 e. The van der Waals surface area contributed by atoms with Crippen molar-refractivity contribution in [2.75, 3.05) is 0 Å². The van der Waals surface area contributed by atoms with Crippen molar-refractivity contribution in [3.63, 3.8) is 0 Å². The summed E-state index contributed by atoms with van der Waals surface area (Å²) in [6.07, 6.45) is 3.08. The molecule has 160 valence electrons. The van der Waals surface area contributed by atoms with Crippen LogP contribution in [0.2, 0.25) is 0 Å². The molecule has 0 amide bonds. The molecule has 1 aliphatic carbocycles. The molecule has 30 heavy (non-hydrogen) atoms. The van der Waals surface area contributed by atoms with Crippen LogP contribution in [0.5, 0.6) is 5.88 Å². The van der Waals surface area contributed by atoms with Gasteiger partial charge in [-0.25, -0.2) is 18.4 Å². The topological polar surface area (TPSA) is 83.5 Å². The first-order valence-corrected chi connectivity index (χ1v) is 10.0. The Morgan fingerprint density at radius 1 is 1.10 bits per heavy atom. The summed E-state index contributed by atoms with van der Waals surface area (Å²) in [4.78, 5) is 10.6. The van der Waals surface area contributed by atoms with Crippen LogP contribution < -0.4 is 4.74 Å². The van der Waals surface area contributed by atoms with Crippen molar-refractivity contribution in [2.24, 2.45) is 13.0 Å². The number of rotatable bonds is 6. The zero-order chi connectivity index (χ0) is 21.3. The first-order valence-electron chi connectivity index (χ1n) is 10.0. The highest BCUT2D eigenvalue weighted by Crippen LogP contribution is 2.37. The predicted molar refractivity (Wildman–Crippen MR) is 105 cm³/mol. The molecule has 0 saturated heterocycles. The fraction of sp³-hybridized carbons (Fsp3) is 0.550. The molecule has 0 spiro atoms. The van der Waals surface area contributed by atoms with Gasteiger partial charge in [0.05, 0.1) is 17.6 Å². The van der Waals surface area contributed by atoms with Gasteiger partial charge in [-0.05, 0) is 45.1 Å². The molecule has 1 saturated carbocycles. The number of ether oxygens (including phenoxy) is 1. The summed E-state index contributed by atoms with van der Waals surface area (Å²) in [5.74, 6) is -1.56. The van der Waals surface area contributed by atoms with Gasteiger partial charge in [0.2, 0.25) is 11.8 Å². The third kappa shape index (κ3) is 4.80. The molecule has 0 N–H and O–H groups in total. The lowest BCUT2D eigenvalue weighted by Crippen LogP contribution is -2.25. The molecule has 0 bridgehead atoms. The highest BCUT2D eigenvalue weighted by atomic mass is 19.3. The summed E-state index contributed by atoms with van der Waals surface area (Å²) in [5, 5.41) is 12.7. The van der Waals surface area contributed by atoms with Crippen molar-refractivity contribution in [1.29, 1.82) is 0 Å². The average Bonchev–Trinajstić information content (AvgIpc) is 3.26. The smallest absolute Gasteiger partial charge is 0.254 e. The Bertz CT molecular complexity index is 1020. The number of alkyl halides is 2. The second-order valence-electron chi connectivity index (χ2n) is 7.95. The molecule has 0 aromatic carbocycles. The molecular weight excluding hydrogens is 392 g/mol. The highest BCUT2D eigenvalue weighted by molar-refractivity contribution is 5.26. The Morgan fingerprint density at radius 2 is 1.87 bits per heavy atom. The van der Waals surface area contributed by atoms with Crippen molar-refractivity contribution < 1.29 is 13.5 Å². The average molecular weight is 417 g/mol. The number of aryl methyl sites for hydroxylation is 3. The van der Waals surface area contributed by atoms with E-state index in [1.165, 1.54) is 4.80 Å². The SMILES string of the molecule is Cc1cc(C)n(-c2nc(CC3CCC(F)(F)CC3)cc(OCc3cnn(C)n3)n2)n1. The van der Waals surface area contributed by atoms with Gasteiger partial charge >= 0.3 is 0 Å². The van der Waals surface area contributed by atoms with E-state index in [1.54, 1.807) is 24.0 Å². The zero-order valence-electron chi connectivity index (χ0n) is 17.3. The highest BCUT2D eigenvalue weighted by Gasteiger charge is 2.35. The van der Waals surface area contributed by atoms with Crippen molar-refractivity contribution in [2.45, 2.75) is 58.5 Å². The maximum absolute atomic E-state index is 13.5. The lowest BCUT2D eigenvalue weighted by molar-refractivity contribution is -0.0457. The summed E-state index contributed by atoms with van der Waals surface area (Å²) < 4.78 is 34.5. The fourth-order valence-electron chi connectivity index (χ4n) is 3.77. The zero-order valence-corrected chi connectivity index (χ0v) is 17.3. The second kappa shape index (κ2) is 8.08. The van der Waals surface area contributed by atoms with Gasteiger partial charge < -0.3 is 4.74 Å². The molecule has 3 aromatic rings. The number of halogens is 2. The Morgan fingerprint density at radius 3 is 2.50 bits per heavy atom. The van der Waals surface area contributed by atoms with Gasteiger partial charge in [0.15, 0.2) is 0 Å². The quantitative estimate of drug-likeness (QED) is 0.612. The van der Waals surface area contributed by atoms with Crippen LogP contribution in [0, 0.1) is 19.8 Å². The Labute approximate surface area is 173 Å². The van der Waals surface area contributed by atoms with Gasteiger partial charge in [-0.1, -0.05) is 0 Å². The van der Waals surface area contributed by atoms with Gasteiger partial charge in [-0.3, -0.25) is 0 Å². The monoisotopic (exact) mass is 417 g/mol. The van der Waals surface area contributed by atoms with Crippen LogP contribution in [0.15, 0.2) is 18.3 Å². The van der Waals surface area contributed by atoms with E-state index in [2.05, 4.69) is 25.3 Å². The molecular formula is C20H25F2N7O. The minimum atomic E-state index is -2.54. The Hall–Kier alpha value is -2.91. The standard InChI is InChI=1S/C20H25F2N7O/c1-13-8-14(2)29(26-13)19-24-16(9-15-4-6-20(21,22)7-5-15)10-18(25-19)30-12-17-11-23-28(3)27-17/h8,10-11,15H,4-7,9,12H2,1-3H3.